The first kappa shape index (κ1) is 16.4. The van der Waals surface area contributed by atoms with E-state index in [9.17, 15) is 4.79 Å². The van der Waals surface area contributed by atoms with Crippen molar-refractivity contribution in [3.8, 4) is 0 Å². The van der Waals surface area contributed by atoms with Crippen LogP contribution in [0.1, 0.15) is 25.7 Å². The smallest absolute Gasteiger partial charge is 0.319 e. The van der Waals surface area contributed by atoms with Crippen molar-refractivity contribution in [1.29, 1.82) is 0 Å². The predicted octanol–water partition coefficient (Wildman–Crippen LogP) is 2.68. The van der Waals surface area contributed by atoms with Crippen LogP contribution in [-0.2, 0) is 0 Å². The number of carbonyl (C=O) groups excluding carboxylic acids is 1. The van der Waals surface area contributed by atoms with E-state index in [-0.39, 0.29) is 6.03 Å². The van der Waals surface area contributed by atoms with Crippen molar-refractivity contribution in [1.82, 2.24) is 15.1 Å². The largest absolute Gasteiger partial charge is 0.336 e. The summed E-state index contributed by atoms with van der Waals surface area (Å²) in [6, 6.07) is 2.37. The Hall–Kier alpha value is -1.11. The molecule has 0 spiro atoms. The third-order valence-electron chi connectivity index (χ3n) is 5.98. The molecule has 2 bridgehead atoms. The third kappa shape index (κ3) is 3.76. The molecule has 5 rings (SSSR count). The summed E-state index contributed by atoms with van der Waals surface area (Å²) in [6.07, 6.45) is 5.35. The number of likely N-dealkylation sites (tertiary alicyclic amines) is 1. The van der Waals surface area contributed by atoms with Gasteiger partial charge in [0.15, 0.2) is 0 Å². The van der Waals surface area contributed by atoms with E-state index in [1.807, 2.05) is 16.8 Å². The lowest BCUT2D eigenvalue weighted by Crippen LogP contribution is -2.58. The number of hydrogen-bond acceptors (Lipinski definition) is 4. The molecule has 0 radical (unpaired) electrons. The zero-order chi connectivity index (χ0) is 16.4. The average molecular weight is 349 g/mol. The van der Waals surface area contributed by atoms with E-state index in [0.29, 0.717) is 6.04 Å². The van der Waals surface area contributed by atoms with Gasteiger partial charge in [-0.3, -0.25) is 4.90 Å². The molecule has 5 heterocycles. The molecule has 4 saturated heterocycles. The fourth-order valence-electron chi connectivity index (χ4n) is 4.69. The van der Waals surface area contributed by atoms with Crippen LogP contribution in [0.2, 0.25) is 0 Å². The van der Waals surface area contributed by atoms with Crippen LogP contribution < -0.4 is 10.6 Å². The number of urea groups is 1. The molecule has 2 amide bonds. The van der Waals surface area contributed by atoms with Gasteiger partial charge in [-0.1, -0.05) is 0 Å². The van der Waals surface area contributed by atoms with Crippen molar-refractivity contribution in [3.05, 3.63) is 16.8 Å². The summed E-state index contributed by atoms with van der Waals surface area (Å²) in [6.45, 7) is 7.09. The Morgan fingerprint density at radius 3 is 2.88 bits per heavy atom. The molecule has 132 valence electrons. The van der Waals surface area contributed by atoms with Crippen molar-refractivity contribution < 1.29 is 4.79 Å². The van der Waals surface area contributed by atoms with Gasteiger partial charge in [-0.05, 0) is 68.6 Å². The minimum absolute atomic E-state index is 0.0790. The summed E-state index contributed by atoms with van der Waals surface area (Å²) in [7, 11) is 0. The Kier molecular flexibility index (Phi) is 5.06. The second-order valence-electron chi connectivity index (χ2n) is 7.55. The second-order valence-corrected chi connectivity index (χ2v) is 8.33. The fourth-order valence-corrected chi connectivity index (χ4v) is 5.27. The predicted molar refractivity (Wildman–Crippen MR) is 98.6 cm³/mol. The summed E-state index contributed by atoms with van der Waals surface area (Å²) in [5, 5.41) is 9.89. The van der Waals surface area contributed by atoms with Gasteiger partial charge in [-0.15, -0.1) is 0 Å². The van der Waals surface area contributed by atoms with Gasteiger partial charge in [0.25, 0.3) is 0 Å². The average Bonchev–Trinajstić information content (AvgIpc) is 3.28. The van der Waals surface area contributed by atoms with Crippen LogP contribution in [-0.4, -0.2) is 61.1 Å². The summed E-state index contributed by atoms with van der Waals surface area (Å²) in [4.78, 5) is 17.3. The van der Waals surface area contributed by atoms with Gasteiger partial charge in [0, 0.05) is 31.1 Å². The molecule has 2 N–H and O–H groups in total. The highest BCUT2D eigenvalue weighted by Gasteiger charge is 2.40. The van der Waals surface area contributed by atoms with Crippen LogP contribution in [0.5, 0.6) is 0 Å². The molecule has 0 saturated carbocycles. The number of nitrogens with zero attached hydrogens (tertiary/aromatic N) is 2. The number of rotatable bonds is 5. The molecule has 1 aromatic rings. The molecular weight excluding hydrogens is 320 g/mol. The van der Waals surface area contributed by atoms with Gasteiger partial charge in [0.2, 0.25) is 0 Å². The number of carbonyl (C=O) groups is 1. The molecule has 0 aliphatic carbocycles. The number of nitrogens with one attached hydrogen (secondary N) is 2. The standard InChI is InChI=1S/C18H28N4OS/c23-18(20-16-4-8-24-13-16)19-10-17-9-14-3-7-22(17)12-15(14)11-21-5-1-2-6-21/h4,8,13-15,17H,1-3,5-7,9-12H2,(H2,19,20,23)/t14-,15+,17+/m1/s1. The maximum absolute atomic E-state index is 12.0. The summed E-state index contributed by atoms with van der Waals surface area (Å²) in [5.74, 6) is 1.69. The van der Waals surface area contributed by atoms with Crippen LogP contribution in [0, 0.1) is 11.8 Å². The summed E-state index contributed by atoms with van der Waals surface area (Å²) >= 11 is 1.60. The van der Waals surface area contributed by atoms with E-state index >= 15 is 0 Å². The van der Waals surface area contributed by atoms with E-state index in [1.165, 1.54) is 58.4 Å². The van der Waals surface area contributed by atoms with Crippen molar-refractivity contribution in [3.63, 3.8) is 0 Å². The molecule has 4 aliphatic heterocycles. The number of anilines is 1. The lowest BCUT2D eigenvalue weighted by molar-refractivity contribution is -0.00837. The quantitative estimate of drug-likeness (QED) is 0.860. The molecule has 1 aromatic heterocycles. The van der Waals surface area contributed by atoms with Gasteiger partial charge in [0.05, 0.1) is 5.69 Å². The number of thiophene rings is 1. The fraction of sp³-hybridized carbons (Fsp3) is 0.722. The topological polar surface area (TPSA) is 47.6 Å². The molecule has 24 heavy (non-hydrogen) atoms. The van der Waals surface area contributed by atoms with Crippen molar-refractivity contribution >= 4 is 23.1 Å². The maximum Gasteiger partial charge on any atom is 0.319 e. The Labute approximate surface area is 148 Å². The molecule has 5 nitrogen and oxygen atoms in total. The molecule has 0 aromatic carbocycles. The number of amides is 2. The summed E-state index contributed by atoms with van der Waals surface area (Å²) in [5.41, 5.74) is 0.883. The van der Waals surface area contributed by atoms with E-state index < -0.39 is 0 Å². The highest BCUT2D eigenvalue weighted by Crippen LogP contribution is 2.36. The Morgan fingerprint density at radius 2 is 2.17 bits per heavy atom. The van der Waals surface area contributed by atoms with E-state index in [1.54, 1.807) is 11.3 Å². The normalized spacial score (nSPS) is 32.8. The number of hydrogen-bond donors (Lipinski definition) is 2. The molecule has 4 atom stereocenters. The zero-order valence-corrected chi connectivity index (χ0v) is 15.1. The van der Waals surface area contributed by atoms with Crippen LogP contribution in [0.15, 0.2) is 16.8 Å². The van der Waals surface area contributed by atoms with Crippen LogP contribution >= 0.6 is 11.3 Å². The van der Waals surface area contributed by atoms with Crippen LogP contribution in [0.3, 0.4) is 0 Å². The van der Waals surface area contributed by atoms with Gasteiger partial charge in [-0.25, -0.2) is 4.79 Å². The Bertz CT molecular complexity index is 543. The zero-order valence-electron chi connectivity index (χ0n) is 14.2. The van der Waals surface area contributed by atoms with Crippen molar-refractivity contribution in [2.45, 2.75) is 31.7 Å². The van der Waals surface area contributed by atoms with Gasteiger partial charge in [0.1, 0.15) is 0 Å². The van der Waals surface area contributed by atoms with Gasteiger partial charge >= 0.3 is 6.03 Å². The number of piperidine rings is 3. The van der Waals surface area contributed by atoms with Gasteiger partial charge in [-0.2, -0.15) is 11.3 Å². The van der Waals surface area contributed by atoms with E-state index in [2.05, 4.69) is 20.4 Å². The summed E-state index contributed by atoms with van der Waals surface area (Å²) < 4.78 is 0. The first-order valence-electron chi connectivity index (χ1n) is 9.31. The Morgan fingerprint density at radius 1 is 1.29 bits per heavy atom. The van der Waals surface area contributed by atoms with Gasteiger partial charge < -0.3 is 15.5 Å². The molecule has 1 unspecified atom stereocenters. The minimum Gasteiger partial charge on any atom is -0.336 e. The molecular formula is C18H28N4OS. The monoisotopic (exact) mass is 348 g/mol. The van der Waals surface area contributed by atoms with Crippen LogP contribution in [0.25, 0.3) is 0 Å². The lowest BCUT2D eigenvalue weighted by atomic mass is 9.75. The first-order valence-corrected chi connectivity index (χ1v) is 10.3. The number of fused-ring (bicyclic) bond motifs is 3. The minimum atomic E-state index is -0.0790. The lowest BCUT2D eigenvalue weighted by Gasteiger charge is -2.50. The third-order valence-corrected chi connectivity index (χ3v) is 6.67. The second kappa shape index (κ2) is 7.42. The van der Waals surface area contributed by atoms with Crippen molar-refractivity contribution in [2.75, 3.05) is 44.6 Å². The van der Waals surface area contributed by atoms with Crippen LogP contribution in [0.4, 0.5) is 10.5 Å². The SMILES string of the molecule is O=C(NC[C@@H]1C[C@H]2CCN1C[C@@H]2CN1CCCC1)Nc1ccsc1. The molecule has 4 aliphatic rings. The Balaban J connectivity index is 1.24. The molecule has 6 heteroatoms. The van der Waals surface area contributed by atoms with E-state index in [4.69, 9.17) is 0 Å². The van der Waals surface area contributed by atoms with Crippen molar-refractivity contribution in [2.24, 2.45) is 11.8 Å². The first-order chi connectivity index (χ1) is 11.8. The van der Waals surface area contributed by atoms with E-state index in [0.717, 1.165) is 24.1 Å². The highest BCUT2D eigenvalue weighted by atomic mass is 32.1. The molecule has 4 fully saturated rings. The maximum atomic E-state index is 12.0. The highest BCUT2D eigenvalue weighted by molar-refractivity contribution is 7.08.